The molecule has 3 fully saturated rings. The first-order valence-electron chi connectivity index (χ1n) is 11.1. The summed E-state index contributed by atoms with van der Waals surface area (Å²) < 4.78 is 17.4. The van der Waals surface area contributed by atoms with Crippen LogP contribution in [-0.2, 0) is 19.7 Å². The molecule has 1 amide bonds. The summed E-state index contributed by atoms with van der Waals surface area (Å²) in [5.41, 5.74) is 2.27. The Morgan fingerprint density at radius 3 is 2.68 bits per heavy atom. The van der Waals surface area contributed by atoms with E-state index in [1.54, 1.807) is 14.2 Å². The van der Waals surface area contributed by atoms with Crippen LogP contribution in [0.5, 0.6) is 11.5 Å². The summed E-state index contributed by atoms with van der Waals surface area (Å²) >= 11 is 0. The van der Waals surface area contributed by atoms with E-state index in [1.165, 1.54) is 5.57 Å². The maximum atomic E-state index is 14.0. The molecule has 5 aliphatic rings. The molecule has 1 aromatic carbocycles. The molecular formula is C24H28N2O5. The molecule has 5 atom stereocenters. The number of carbonyl (C=O) groups excluding carboxylic acids is 2. The van der Waals surface area contributed by atoms with E-state index in [0.29, 0.717) is 37.4 Å². The molecule has 4 heterocycles. The minimum atomic E-state index is -0.734. The van der Waals surface area contributed by atoms with Crippen molar-refractivity contribution in [1.29, 1.82) is 0 Å². The van der Waals surface area contributed by atoms with Gasteiger partial charge in [0.15, 0.2) is 11.5 Å². The minimum Gasteiger partial charge on any atom is -0.493 e. The Bertz CT molecular complexity index is 1020. The Hall–Kier alpha value is -2.38. The van der Waals surface area contributed by atoms with Crippen LogP contribution in [0.4, 0.5) is 5.69 Å². The highest BCUT2D eigenvalue weighted by molar-refractivity contribution is 6.06. The van der Waals surface area contributed by atoms with Gasteiger partial charge in [0.05, 0.1) is 50.5 Å². The van der Waals surface area contributed by atoms with Crippen LogP contribution in [0.1, 0.15) is 24.8 Å². The Labute approximate surface area is 181 Å². The van der Waals surface area contributed by atoms with Gasteiger partial charge in [-0.25, -0.2) is 0 Å². The largest absolute Gasteiger partial charge is 0.493 e. The Balaban J connectivity index is 1.65. The Kier molecular flexibility index (Phi) is 4.09. The molecule has 6 rings (SSSR count). The maximum absolute atomic E-state index is 14.0. The number of likely N-dealkylation sites (N-methyl/N-ethyl adjacent to an activating group) is 1. The summed E-state index contributed by atoms with van der Waals surface area (Å²) in [6.45, 7) is 2.15. The van der Waals surface area contributed by atoms with Crippen molar-refractivity contribution in [2.24, 2.45) is 11.8 Å². The summed E-state index contributed by atoms with van der Waals surface area (Å²) in [7, 11) is 5.32. The summed E-state index contributed by atoms with van der Waals surface area (Å²) in [4.78, 5) is 31.7. The number of rotatable bonds is 2. The van der Waals surface area contributed by atoms with Crippen molar-refractivity contribution < 1.29 is 23.8 Å². The highest BCUT2D eigenvalue weighted by Gasteiger charge is 2.67. The van der Waals surface area contributed by atoms with Gasteiger partial charge in [0, 0.05) is 24.9 Å². The fourth-order valence-electron chi connectivity index (χ4n) is 7.01. The number of methoxy groups -OCH3 is 2. The fraction of sp³-hybridized carbons (Fsp3) is 0.583. The first kappa shape index (κ1) is 19.3. The van der Waals surface area contributed by atoms with E-state index in [9.17, 15) is 9.59 Å². The predicted octanol–water partition coefficient (Wildman–Crippen LogP) is 1.93. The zero-order valence-electron chi connectivity index (χ0n) is 18.2. The average Bonchev–Trinajstić information content (AvgIpc) is 2.99. The van der Waals surface area contributed by atoms with Crippen molar-refractivity contribution in [2.45, 2.75) is 36.8 Å². The van der Waals surface area contributed by atoms with Gasteiger partial charge in [0.1, 0.15) is 5.78 Å². The van der Waals surface area contributed by atoms with Crippen molar-refractivity contribution >= 4 is 17.4 Å². The molecule has 5 unspecified atom stereocenters. The van der Waals surface area contributed by atoms with Crippen molar-refractivity contribution in [1.82, 2.24) is 4.90 Å². The lowest BCUT2D eigenvalue weighted by atomic mass is 9.55. The van der Waals surface area contributed by atoms with E-state index in [2.05, 4.69) is 18.0 Å². The van der Waals surface area contributed by atoms with E-state index >= 15 is 0 Å². The predicted molar refractivity (Wildman–Crippen MR) is 114 cm³/mol. The molecule has 0 aromatic heterocycles. The lowest BCUT2D eigenvalue weighted by Crippen LogP contribution is -2.66. The van der Waals surface area contributed by atoms with Gasteiger partial charge in [0.25, 0.3) is 0 Å². The van der Waals surface area contributed by atoms with Crippen molar-refractivity contribution in [3.05, 3.63) is 29.3 Å². The number of hydrogen-bond donors (Lipinski definition) is 0. The minimum absolute atomic E-state index is 0.0334. The van der Waals surface area contributed by atoms with E-state index in [1.807, 2.05) is 17.0 Å². The molecular weight excluding hydrogens is 396 g/mol. The average molecular weight is 424 g/mol. The third-order valence-corrected chi connectivity index (χ3v) is 8.30. The zero-order valence-corrected chi connectivity index (χ0v) is 18.2. The number of fused-ring (bicyclic) bond motifs is 2. The Morgan fingerprint density at radius 2 is 1.90 bits per heavy atom. The number of hydrogen-bond acceptors (Lipinski definition) is 6. The standard InChI is InChI=1S/C24H28N2O5/c1-25-6-5-24-15-9-17(29-2)18(30-3)10-16(15)26-21(28)11-19-22(23(24)26)14(8-20(24)27)13(12-25)4-7-31-19/h4,9-10,14,19,22-23H,5-8,11-12H2,1-3H3. The van der Waals surface area contributed by atoms with Gasteiger partial charge < -0.3 is 24.0 Å². The lowest BCUT2D eigenvalue weighted by Gasteiger charge is -2.53. The Morgan fingerprint density at radius 1 is 1.13 bits per heavy atom. The fourth-order valence-corrected chi connectivity index (χ4v) is 7.01. The summed E-state index contributed by atoms with van der Waals surface area (Å²) in [5, 5.41) is 0. The number of benzene rings is 1. The number of piperidine rings is 1. The molecule has 1 aliphatic carbocycles. The molecule has 164 valence electrons. The molecule has 1 saturated carbocycles. The van der Waals surface area contributed by atoms with Crippen molar-refractivity contribution in [3.8, 4) is 11.5 Å². The first-order valence-corrected chi connectivity index (χ1v) is 11.1. The van der Waals surface area contributed by atoms with Gasteiger partial charge in [-0.1, -0.05) is 11.6 Å². The number of carbonyl (C=O) groups is 2. The second kappa shape index (κ2) is 6.56. The first-order chi connectivity index (χ1) is 15.0. The molecule has 7 heteroatoms. The van der Waals surface area contributed by atoms with Gasteiger partial charge in [0.2, 0.25) is 5.91 Å². The maximum Gasteiger partial charge on any atom is 0.229 e. The molecule has 2 saturated heterocycles. The summed E-state index contributed by atoms with van der Waals surface area (Å²) in [6, 6.07) is 3.61. The number of anilines is 1. The number of ether oxygens (including phenoxy) is 3. The second-order valence-electron chi connectivity index (χ2n) is 9.56. The van der Waals surface area contributed by atoms with Crippen LogP contribution in [0.15, 0.2) is 23.8 Å². The van der Waals surface area contributed by atoms with Crippen LogP contribution in [0.25, 0.3) is 0 Å². The molecule has 0 radical (unpaired) electrons. The summed E-state index contributed by atoms with van der Waals surface area (Å²) in [6.07, 6.45) is 3.56. The van der Waals surface area contributed by atoms with Gasteiger partial charge in [-0.2, -0.15) is 0 Å². The smallest absolute Gasteiger partial charge is 0.229 e. The zero-order chi connectivity index (χ0) is 21.5. The lowest BCUT2D eigenvalue weighted by molar-refractivity contribution is -0.140. The SMILES string of the molecule is COc1cc2c(cc1OC)C13CCN(C)CC4=CCOC5CC(=O)N2C1C5C4CC3=O. The van der Waals surface area contributed by atoms with E-state index < -0.39 is 5.41 Å². The molecule has 7 nitrogen and oxygen atoms in total. The molecule has 31 heavy (non-hydrogen) atoms. The molecule has 0 spiro atoms. The van der Waals surface area contributed by atoms with Crippen LogP contribution < -0.4 is 14.4 Å². The monoisotopic (exact) mass is 424 g/mol. The van der Waals surface area contributed by atoms with Crippen molar-refractivity contribution in [2.75, 3.05) is 45.9 Å². The number of Topliss-reactive ketones (excluding diaryl/α,β-unsaturated/α-hetero) is 1. The van der Waals surface area contributed by atoms with E-state index in [4.69, 9.17) is 14.2 Å². The van der Waals surface area contributed by atoms with Crippen molar-refractivity contribution in [3.63, 3.8) is 0 Å². The van der Waals surface area contributed by atoms with Crippen LogP contribution in [-0.4, -0.2) is 69.7 Å². The third kappa shape index (κ3) is 2.36. The van der Waals surface area contributed by atoms with Crippen LogP contribution >= 0.6 is 0 Å². The topological polar surface area (TPSA) is 68.3 Å². The number of ketones is 1. The quantitative estimate of drug-likeness (QED) is 0.676. The summed E-state index contributed by atoms with van der Waals surface area (Å²) in [5.74, 6) is 1.68. The molecule has 0 N–H and O–H groups in total. The molecule has 4 aliphatic heterocycles. The highest BCUT2D eigenvalue weighted by atomic mass is 16.5. The number of nitrogens with zero attached hydrogens (tertiary/aromatic N) is 2. The van der Waals surface area contributed by atoms with Gasteiger partial charge in [-0.15, -0.1) is 0 Å². The van der Waals surface area contributed by atoms with Crippen LogP contribution in [0.2, 0.25) is 0 Å². The van der Waals surface area contributed by atoms with Gasteiger partial charge in [-0.3, -0.25) is 9.59 Å². The second-order valence-corrected chi connectivity index (χ2v) is 9.56. The van der Waals surface area contributed by atoms with E-state index in [-0.39, 0.29) is 35.7 Å². The van der Waals surface area contributed by atoms with Crippen LogP contribution in [0, 0.1) is 11.8 Å². The third-order valence-electron chi connectivity index (χ3n) is 8.30. The highest BCUT2D eigenvalue weighted by Crippen LogP contribution is 2.61. The molecule has 1 aromatic rings. The normalized spacial score (nSPS) is 36.2. The van der Waals surface area contributed by atoms with Gasteiger partial charge in [-0.05, 0) is 37.6 Å². The number of amides is 1. The van der Waals surface area contributed by atoms with E-state index in [0.717, 1.165) is 24.3 Å². The van der Waals surface area contributed by atoms with Gasteiger partial charge >= 0.3 is 0 Å². The molecule has 4 bridgehead atoms. The van der Waals surface area contributed by atoms with Crippen LogP contribution in [0.3, 0.4) is 0 Å².